The Morgan fingerprint density at radius 1 is 1.00 bits per heavy atom. The van der Waals surface area contributed by atoms with E-state index in [0.717, 1.165) is 16.7 Å². The van der Waals surface area contributed by atoms with Crippen LogP contribution in [0, 0.1) is 13.8 Å². The van der Waals surface area contributed by atoms with Crippen LogP contribution >= 0.6 is 0 Å². The molecule has 2 N–H and O–H groups in total. The molecule has 2 aromatic rings. The van der Waals surface area contributed by atoms with Gasteiger partial charge in [0.25, 0.3) is 5.91 Å². The number of hydrogen-bond donors (Lipinski definition) is 2. The van der Waals surface area contributed by atoms with Crippen molar-refractivity contribution in [2.75, 3.05) is 6.61 Å². The van der Waals surface area contributed by atoms with Gasteiger partial charge in [-0.2, -0.15) is 0 Å². The van der Waals surface area contributed by atoms with Gasteiger partial charge in [-0.1, -0.05) is 18.2 Å². The summed E-state index contributed by atoms with van der Waals surface area (Å²) < 4.78 is 10.8. The largest absolute Gasteiger partial charge is 0.482 e. The zero-order valence-electron chi connectivity index (χ0n) is 16.7. The van der Waals surface area contributed by atoms with E-state index in [1.807, 2.05) is 44.2 Å². The molecule has 0 saturated carbocycles. The topological polar surface area (TPSA) is 93.7 Å². The van der Waals surface area contributed by atoms with Gasteiger partial charge < -0.3 is 14.8 Å². The molecule has 7 nitrogen and oxygen atoms in total. The van der Waals surface area contributed by atoms with Crippen molar-refractivity contribution in [2.45, 2.75) is 39.2 Å². The first-order chi connectivity index (χ1) is 13.7. The fourth-order valence-corrected chi connectivity index (χ4v) is 3.19. The average molecular weight is 396 g/mol. The molecule has 1 atom stereocenters. The Morgan fingerprint density at radius 2 is 1.66 bits per heavy atom. The van der Waals surface area contributed by atoms with Gasteiger partial charge in [-0.25, -0.2) is 9.59 Å². The maximum atomic E-state index is 12.0. The molecular weight excluding hydrogens is 372 g/mol. The summed E-state index contributed by atoms with van der Waals surface area (Å²) in [6, 6.07) is 12.3. The van der Waals surface area contributed by atoms with Crippen LogP contribution in [-0.4, -0.2) is 30.1 Å². The minimum atomic E-state index is -0.909. The fraction of sp³-hybridized carbons (Fsp3) is 0.318. The number of amides is 3. The van der Waals surface area contributed by atoms with E-state index in [-0.39, 0.29) is 12.5 Å². The zero-order chi connectivity index (χ0) is 21.0. The maximum absolute atomic E-state index is 12.0. The number of rotatable bonds is 7. The number of benzene rings is 2. The summed E-state index contributed by atoms with van der Waals surface area (Å²) in [5, 5.41) is 4.89. The highest BCUT2D eigenvalue weighted by atomic mass is 16.6. The number of carbonyl (C=O) groups is 3. The molecule has 0 radical (unpaired) electrons. The highest BCUT2D eigenvalue weighted by Gasteiger charge is 2.41. The summed E-state index contributed by atoms with van der Waals surface area (Å²) in [5.74, 6) is 0.235. The lowest BCUT2D eigenvalue weighted by molar-refractivity contribution is -0.136. The first-order valence-corrected chi connectivity index (χ1v) is 9.38. The van der Waals surface area contributed by atoms with E-state index in [1.165, 1.54) is 0 Å². The van der Waals surface area contributed by atoms with Crippen LogP contribution in [0.5, 0.6) is 11.5 Å². The molecule has 152 valence electrons. The number of ether oxygens (including phenoxy) is 2. The Bertz CT molecular complexity index is 918. The van der Waals surface area contributed by atoms with Gasteiger partial charge in [-0.3, -0.25) is 10.1 Å². The summed E-state index contributed by atoms with van der Waals surface area (Å²) >= 11 is 0. The second-order valence-corrected chi connectivity index (χ2v) is 7.47. The summed E-state index contributed by atoms with van der Waals surface area (Å²) in [7, 11) is 0. The average Bonchev–Trinajstić information content (AvgIpc) is 2.91. The van der Waals surface area contributed by atoms with Gasteiger partial charge >= 0.3 is 12.0 Å². The third-order valence-electron chi connectivity index (χ3n) is 4.74. The van der Waals surface area contributed by atoms with Gasteiger partial charge in [0, 0.05) is 0 Å². The van der Waals surface area contributed by atoms with Crippen molar-refractivity contribution in [3.63, 3.8) is 0 Å². The lowest BCUT2D eigenvalue weighted by Gasteiger charge is -2.20. The normalized spacial score (nSPS) is 18.2. The van der Waals surface area contributed by atoms with Crippen LogP contribution in [0.3, 0.4) is 0 Å². The van der Waals surface area contributed by atoms with E-state index in [9.17, 15) is 14.4 Å². The van der Waals surface area contributed by atoms with Crippen LogP contribution in [-0.2, 0) is 16.0 Å². The molecule has 1 aliphatic rings. The Kier molecular flexibility index (Phi) is 5.87. The number of carbonyl (C=O) groups excluding carboxylic acids is 3. The Balaban J connectivity index is 1.49. The predicted molar refractivity (Wildman–Crippen MR) is 107 cm³/mol. The minimum absolute atomic E-state index is 0.183. The number of nitrogens with one attached hydrogen (secondary N) is 2. The third kappa shape index (κ3) is 5.34. The van der Waals surface area contributed by atoms with Crippen LogP contribution in [0.2, 0.25) is 0 Å². The van der Waals surface area contributed by atoms with Gasteiger partial charge in [-0.05, 0) is 74.6 Å². The molecule has 0 bridgehead atoms. The van der Waals surface area contributed by atoms with Gasteiger partial charge in [-0.15, -0.1) is 0 Å². The second kappa shape index (κ2) is 8.34. The molecule has 1 saturated heterocycles. The molecule has 0 spiro atoms. The van der Waals surface area contributed by atoms with E-state index in [0.29, 0.717) is 24.3 Å². The highest BCUT2D eigenvalue weighted by molar-refractivity contribution is 6.06. The second-order valence-electron chi connectivity index (χ2n) is 7.47. The first-order valence-electron chi connectivity index (χ1n) is 9.38. The van der Waals surface area contributed by atoms with Crippen LogP contribution in [0.25, 0.3) is 0 Å². The summed E-state index contributed by atoms with van der Waals surface area (Å²) in [5.41, 5.74) is 2.18. The SMILES string of the molecule is Cc1cc(C)cc(OCC(=O)Oc2ccc(CC[C@@]3(C)NC(=O)NC3=O)cc2)c1. The maximum Gasteiger partial charge on any atom is 0.349 e. The summed E-state index contributed by atoms with van der Waals surface area (Å²) in [6.07, 6.45) is 1.06. The Hall–Kier alpha value is -3.35. The molecule has 29 heavy (non-hydrogen) atoms. The van der Waals surface area contributed by atoms with Crippen molar-refractivity contribution < 1.29 is 23.9 Å². The van der Waals surface area contributed by atoms with Crippen molar-refractivity contribution >= 4 is 17.9 Å². The van der Waals surface area contributed by atoms with Crippen LogP contribution in [0.15, 0.2) is 42.5 Å². The number of urea groups is 1. The first kappa shape index (κ1) is 20.4. The standard InChI is InChI=1S/C22H24N2O5/c1-14-10-15(2)12-18(11-14)28-13-19(25)29-17-6-4-16(5-7-17)8-9-22(3)20(26)23-21(27)24-22/h4-7,10-12H,8-9,13H2,1-3H3,(H2,23,24,26,27)/t22-/m1/s1. The summed E-state index contributed by atoms with van der Waals surface area (Å²) in [4.78, 5) is 35.2. The molecule has 1 heterocycles. The lowest BCUT2D eigenvalue weighted by atomic mass is 9.93. The molecule has 0 aliphatic carbocycles. The number of esters is 1. The monoisotopic (exact) mass is 396 g/mol. The van der Waals surface area contributed by atoms with Crippen molar-refractivity contribution in [3.05, 3.63) is 59.2 Å². The van der Waals surface area contributed by atoms with E-state index >= 15 is 0 Å². The van der Waals surface area contributed by atoms with Crippen molar-refractivity contribution in [1.29, 1.82) is 0 Å². The van der Waals surface area contributed by atoms with Gasteiger partial charge in [0.15, 0.2) is 6.61 Å². The van der Waals surface area contributed by atoms with Gasteiger partial charge in [0.2, 0.25) is 0 Å². The van der Waals surface area contributed by atoms with Crippen LogP contribution in [0.4, 0.5) is 4.79 Å². The molecule has 3 rings (SSSR count). The van der Waals surface area contributed by atoms with E-state index in [1.54, 1.807) is 19.1 Å². The molecular formula is C22H24N2O5. The molecule has 1 aliphatic heterocycles. The highest BCUT2D eigenvalue weighted by Crippen LogP contribution is 2.20. The third-order valence-corrected chi connectivity index (χ3v) is 4.74. The molecule has 0 aromatic heterocycles. The molecule has 3 amide bonds. The number of imide groups is 1. The smallest absolute Gasteiger partial charge is 0.349 e. The van der Waals surface area contributed by atoms with Crippen molar-refractivity contribution in [2.24, 2.45) is 0 Å². The lowest BCUT2D eigenvalue weighted by Crippen LogP contribution is -2.43. The fourth-order valence-electron chi connectivity index (χ4n) is 3.19. The Labute approximate surface area is 169 Å². The van der Waals surface area contributed by atoms with Gasteiger partial charge in [0.1, 0.15) is 17.0 Å². The zero-order valence-corrected chi connectivity index (χ0v) is 16.7. The molecule has 0 unspecified atom stereocenters. The van der Waals surface area contributed by atoms with E-state index < -0.39 is 17.5 Å². The number of aryl methyl sites for hydroxylation is 3. The minimum Gasteiger partial charge on any atom is -0.482 e. The van der Waals surface area contributed by atoms with Crippen molar-refractivity contribution in [1.82, 2.24) is 10.6 Å². The van der Waals surface area contributed by atoms with E-state index in [2.05, 4.69) is 10.6 Å². The van der Waals surface area contributed by atoms with Crippen molar-refractivity contribution in [3.8, 4) is 11.5 Å². The molecule has 7 heteroatoms. The molecule has 2 aromatic carbocycles. The Morgan fingerprint density at radius 3 is 2.24 bits per heavy atom. The number of hydrogen-bond acceptors (Lipinski definition) is 5. The van der Waals surface area contributed by atoms with E-state index in [4.69, 9.17) is 9.47 Å². The van der Waals surface area contributed by atoms with Gasteiger partial charge in [0.05, 0.1) is 0 Å². The predicted octanol–water partition coefficient (Wildman–Crippen LogP) is 2.82. The molecule has 1 fully saturated rings. The summed E-state index contributed by atoms with van der Waals surface area (Å²) in [6.45, 7) is 5.44. The van der Waals surface area contributed by atoms with Crippen LogP contribution < -0.4 is 20.1 Å². The van der Waals surface area contributed by atoms with Crippen LogP contribution in [0.1, 0.15) is 30.0 Å². The quantitative estimate of drug-likeness (QED) is 0.426.